The number of hydrazone groups is 1. The van der Waals surface area contributed by atoms with E-state index in [-0.39, 0.29) is 0 Å². The van der Waals surface area contributed by atoms with E-state index in [4.69, 9.17) is 21.7 Å². The Morgan fingerprint density at radius 3 is 2.44 bits per heavy atom. The minimum atomic E-state index is 0.396. The quantitative estimate of drug-likeness (QED) is 0.190. The molecule has 0 fully saturated rings. The first-order chi connectivity index (χ1) is 17.7. The predicted molar refractivity (Wildman–Crippen MR) is 148 cm³/mol. The van der Waals surface area contributed by atoms with Crippen molar-refractivity contribution >= 4 is 46.0 Å². The first-order valence-corrected chi connectivity index (χ1v) is 12.5. The molecule has 0 saturated heterocycles. The highest BCUT2D eigenvalue weighted by Crippen LogP contribution is 2.30. The van der Waals surface area contributed by atoms with E-state index < -0.39 is 0 Å². The molecule has 0 aliphatic rings. The van der Waals surface area contributed by atoms with E-state index in [1.165, 1.54) is 0 Å². The van der Waals surface area contributed by atoms with Gasteiger partial charge in [-0.05, 0) is 41.8 Å². The van der Waals surface area contributed by atoms with Crippen molar-refractivity contribution in [1.29, 1.82) is 0 Å². The summed E-state index contributed by atoms with van der Waals surface area (Å²) < 4.78 is 1.86. The van der Waals surface area contributed by atoms with Crippen LogP contribution in [0, 0.1) is 0 Å². The van der Waals surface area contributed by atoms with Crippen LogP contribution in [0.5, 0.6) is 0 Å². The standard InChI is InChI=1S/C28H19ClN6S/c29-21-13-14-24-23(16-21)26(19-8-3-1-4-9-19)32-28(31-24)33-30-17-20-18-35(22-10-5-2-6-11-22)34-27(20)25-12-7-15-36-25/h1-18H,(H,31,32,33). The topological polar surface area (TPSA) is 68.0 Å². The van der Waals surface area contributed by atoms with Gasteiger partial charge in [-0.1, -0.05) is 66.2 Å². The summed E-state index contributed by atoms with van der Waals surface area (Å²) >= 11 is 7.91. The highest BCUT2D eigenvalue weighted by molar-refractivity contribution is 7.13. The van der Waals surface area contributed by atoms with Gasteiger partial charge in [0.25, 0.3) is 0 Å². The molecule has 6 nitrogen and oxygen atoms in total. The van der Waals surface area contributed by atoms with Gasteiger partial charge in [0.15, 0.2) is 0 Å². The monoisotopic (exact) mass is 506 g/mol. The van der Waals surface area contributed by atoms with E-state index in [9.17, 15) is 0 Å². The number of hydrogen-bond donors (Lipinski definition) is 1. The molecule has 0 aliphatic carbocycles. The number of thiophene rings is 1. The van der Waals surface area contributed by atoms with Crippen molar-refractivity contribution in [3.05, 3.63) is 113 Å². The van der Waals surface area contributed by atoms with Crippen LogP contribution in [-0.4, -0.2) is 26.0 Å². The van der Waals surface area contributed by atoms with Crippen LogP contribution in [0.15, 0.2) is 108 Å². The van der Waals surface area contributed by atoms with Gasteiger partial charge in [-0.15, -0.1) is 11.3 Å². The van der Waals surface area contributed by atoms with Crippen molar-refractivity contribution in [2.24, 2.45) is 5.10 Å². The first kappa shape index (κ1) is 22.2. The number of nitrogens with one attached hydrogen (secondary N) is 1. The molecule has 6 aromatic rings. The summed E-state index contributed by atoms with van der Waals surface area (Å²) in [7, 11) is 0. The van der Waals surface area contributed by atoms with Crippen molar-refractivity contribution in [3.63, 3.8) is 0 Å². The van der Waals surface area contributed by atoms with Crippen LogP contribution in [0.2, 0.25) is 5.02 Å². The molecular formula is C28H19ClN6S. The average molecular weight is 507 g/mol. The van der Waals surface area contributed by atoms with Gasteiger partial charge in [0.05, 0.1) is 28.0 Å². The summed E-state index contributed by atoms with van der Waals surface area (Å²) in [6.07, 6.45) is 3.72. The number of benzene rings is 3. The largest absolute Gasteiger partial charge is 0.245 e. The van der Waals surface area contributed by atoms with E-state index in [1.807, 2.05) is 101 Å². The minimum absolute atomic E-state index is 0.396. The third kappa shape index (κ3) is 4.49. The molecule has 0 unspecified atom stereocenters. The first-order valence-electron chi connectivity index (χ1n) is 11.3. The Hall–Kier alpha value is -4.33. The van der Waals surface area contributed by atoms with Crippen LogP contribution in [0.1, 0.15) is 5.56 Å². The molecule has 36 heavy (non-hydrogen) atoms. The minimum Gasteiger partial charge on any atom is -0.245 e. The van der Waals surface area contributed by atoms with Crippen LogP contribution < -0.4 is 5.43 Å². The normalized spacial score (nSPS) is 11.4. The molecule has 0 amide bonds. The van der Waals surface area contributed by atoms with Crippen molar-refractivity contribution in [2.45, 2.75) is 0 Å². The van der Waals surface area contributed by atoms with Crippen LogP contribution >= 0.6 is 22.9 Å². The third-order valence-corrected chi connectivity index (χ3v) is 6.70. The second-order valence-electron chi connectivity index (χ2n) is 7.98. The van der Waals surface area contributed by atoms with E-state index in [1.54, 1.807) is 17.6 Å². The summed E-state index contributed by atoms with van der Waals surface area (Å²) in [5.41, 5.74) is 8.27. The zero-order valence-electron chi connectivity index (χ0n) is 18.9. The summed E-state index contributed by atoms with van der Waals surface area (Å²) in [6.45, 7) is 0. The van der Waals surface area contributed by atoms with Gasteiger partial charge in [-0.2, -0.15) is 10.2 Å². The zero-order chi connectivity index (χ0) is 24.3. The third-order valence-electron chi connectivity index (χ3n) is 5.59. The molecule has 0 bridgehead atoms. The molecule has 3 aromatic heterocycles. The summed E-state index contributed by atoms with van der Waals surface area (Å²) in [6, 6.07) is 29.6. The SMILES string of the molecule is Clc1ccc2nc(NN=Cc3cn(-c4ccccc4)nc3-c3cccs3)nc(-c3ccccc3)c2c1. The molecule has 1 N–H and O–H groups in total. The fraction of sp³-hybridized carbons (Fsp3) is 0. The van der Waals surface area contributed by atoms with Crippen molar-refractivity contribution in [2.75, 3.05) is 5.43 Å². The van der Waals surface area contributed by atoms with Crippen LogP contribution in [0.25, 0.3) is 38.4 Å². The van der Waals surface area contributed by atoms with E-state index in [0.29, 0.717) is 11.0 Å². The van der Waals surface area contributed by atoms with Gasteiger partial charge in [0, 0.05) is 27.7 Å². The van der Waals surface area contributed by atoms with E-state index >= 15 is 0 Å². The van der Waals surface area contributed by atoms with Crippen molar-refractivity contribution < 1.29 is 0 Å². The van der Waals surface area contributed by atoms with E-state index in [2.05, 4.69) is 21.6 Å². The molecule has 0 aliphatic heterocycles. The molecule has 0 saturated carbocycles. The Balaban J connectivity index is 1.36. The molecule has 8 heteroatoms. The number of hydrogen-bond acceptors (Lipinski definition) is 6. The number of rotatable bonds is 6. The lowest BCUT2D eigenvalue weighted by Gasteiger charge is -2.09. The number of nitrogens with zero attached hydrogens (tertiary/aromatic N) is 5. The fourth-order valence-electron chi connectivity index (χ4n) is 3.93. The Labute approximate surface area is 216 Å². The Morgan fingerprint density at radius 2 is 1.67 bits per heavy atom. The molecule has 0 radical (unpaired) electrons. The van der Waals surface area contributed by atoms with Gasteiger partial charge in [-0.3, -0.25) is 0 Å². The molecule has 3 aromatic carbocycles. The molecule has 6 rings (SSSR count). The Bertz CT molecular complexity index is 1660. The van der Waals surface area contributed by atoms with Crippen LogP contribution in [-0.2, 0) is 0 Å². The fourth-order valence-corrected chi connectivity index (χ4v) is 4.83. The smallest absolute Gasteiger partial charge is 0.244 e. The van der Waals surface area contributed by atoms with Crippen molar-refractivity contribution in [1.82, 2.24) is 19.7 Å². The van der Waals surface area contributed by atoms with Crippen LogP contribution in [0.3, 0.4) is 0 Å². The highest BCUT2D eigenvalue weighted by atomic mass is 35.5. The van der Waals surface area contributed by atoms with Gasteiger partial charge in [0.2, 0.25) is 5.95 Å². The lowest BCUT2D eigenvalue weighted by atomic mass is 10.1. The lowest BCUT2D eigenvalue weighted by Crippen LogP contribution is -2.00. The molecule has 3 heterocycles. The maximum Gasteiger partial charge on any atom is 0.244 e. The number of anilines is 1. The molecule has 174 valence electrons. The zero-order valence-corrected chi connectivity index (χ0v) is 20.5. The molecule has 0 spiro atoms. The number of halogens is 1. The molecular weight excluding hydrogens is 488 g/mol. The predicted octanol–water partition coefficient (Wildman–Crippen LogP) is 7.31. The summed E-state index contributed by atoms with van der Waals surface area (Å²) in [5, 5.41) is 12.8. The van der Waals surface area contributed by atoms with Crippen LogP contribution in [0.4, 0.5) is 5.95 Å². The van der Waals surface area contributed by atoms with Crippen molar-refractivity contribution in [3.8, 4) is 27.5 Å². The van der Waals surface area contributed by atoms with Gasteiger partial charge in [-0.25, -0.2) is 20.1 Å². The Morgan fingerprint density at radius 1 is 0.861 bits per heavy atom. The summed E-state index contributed by atoms with van der Waals surface area (Å²) in [5.74, 6) is 0.396. The maximum atomic E-state index is 6.27. The lowest BCUT2D eigenvalue weighted by molar-refractivity contribution is 0.885. The molecule has 0 atom stereocenters. The Kier molecular flexibility index (Phi) is 5.99. The number of fused-ring (bicyclic) bond motifs is 1. The van der Waals surface area contributed by atoms with Gasteiger partial charge < -0.3 is 0 Å². The van der Waals surface area contributed by atoms with E-state index in [0.717, 1.165) is 44.0 Å². The van der Waals surface area contributed by atoms with Gasteiger partial charge >= 0.3 is 0 Å². The average Bonchev–Trinajstić information content (AvgIpc) is 3.60. The number of para-hydroxylation sites is 1. The highest BCUT2D eigenvalue weighted by Gasteiger charge is 2.13. The maximum absolute atomic E-state index is 6.27. The number of aromatic nitrogens is 4. The summed E-state index contributed by atoms with van der Waals surface area (Å²) in [4.78, 5) is 10.5. The second-order valence-corrected chi connectivity index (χ2v) is 9.37. The van der Waals surface area contributed by atoms with Gasteiger partial charge in [0.1, 0.15) is 5.69 Å². The second kappa shape index (κ2) is 9.73.